The maximum Gasteiger partial charge on any atom is 0.141 e. The smallest absolute Gasteiger partial charge is 0.141 e. The number of nitrogens with zero attached hydrogens (tertiary/aromatic N) is 2. The van der Waals surface area contributed by atoms with Gasteiger partial charge in [-0.3, -0.25) is 9.88 Å². The number of rotatable bonds is 6. The highest BCUT2D eigenvalue weighted by Gasteiger charge is 2.22. The predicted molar refractivity (Wildman–Crippen MR) is 89.5 cm³/mol. The Kier molecular flexibility index (Phi) is 5.68. The van der Waals surface area contributed by atoms with Crippen LogP contribution in [0.5, 0.6) is 5.75 Å². The maximum atomic E-state index is 6.39. The van der Waals surface area contributed by atoms with Crippen molar-refractivity contribution in [2.45, 2.75) is 51.0 Å². The Labute approximate surface area is 134 Å². The zero-order chi connectivity index (χ0) is 15.2. The van der Waals surface area contributed by atoms with Crippen LogP contribution in [-0.4, -0.2) is 48.7 Å². The lowest BCUT2D eigenvalue weighted by molar-refractivity contribution is 0.140. The molecule has 3 heterocycles. The van der Waals surface area contributed by atoms with Crippen LogP contribution in [0.4, 0.5) is 0 Å². The highest BCUT2D eigenvalue weighted by molar-refractivity contribution is 5.34. The van der Waals surface area contributed by atoms with E-state index >= 15 is 0 Å². The molecule has 0 spiro atoms. The van der Waals surface area contributed by atoms with E-state index < -0.39 is 0 Å². The van der Waals surface area contributed by atoms with Gasteiger partial charge in [-0.15, -0.1) is 0 Å². The number of aromatic nitrogens is 1. The minimum atomic E-state index is 0.280. The molecule has 2 saturated heterocycles. The number of hydrogen-bond donors (Lipinski definition) is 1. The third-order valence-corrected chi connectivity index (χ3v) is 5.00. The van der Waals surface area contributed by atoms with Crippen molar-refractivity contribution in [1.29, 1.82) is 0 Å². The van der Waals surface area contributed by atoms with E-state index in [0.29, 0.717) is 5.92 Å². The van der Waals surface area contributed by atoms with Crippen molar-refractivity contribution < 1.29 is 4.74 Å². The minimum Gasteiger partial charge on any atom is -0.487 e. The highest BCUT2D eigenvalue weighted by atomic mass is 16.5. The molecule has 4 nitrogen and oxygen atoms in total. The topological polar surface area (TPSA) is 37.4 Å². The van der Waals surface area contributed by atoms with Gasteiger partial charge >= 0.3 is 0 Å². The van der Waals surface area contributed by atoms with Crippen LogP contribution in [0.1, 0.15) is 50.5 Å². The number of pyridine rings is 1. The molecule has 3 rings (SSSR count). The number of likely N-dealkylation sites (tertiary alicyclic amines) is 1. The van der Waals surface area contributed by atoms with Crippen molar-refractivity contribution in [3.05, 3.63) is 24.0 Å². The second-order valence-electron chi connectivity index (χ2n) is 6.59. The van der Waals surface area contributed by atoms with E-state index in [9.17, 15) is 0 Å². The molecular weight excluding hydrogens is 274 g/mol. The summed E-state index contributed by atoms with van der Waals surface area (Å²) in [5.41, 5.74) is 1.36. The molecule has 1 N–H and O–H groups in total. The molecule has 2 fully saturated rings. The van der Waals surface area contributed by atoms with E-state index in [0.717, 1.165) is 31.8 Å². The van der Waals surface area contributed by atoms with Gasteiger partial charge in [0.25, 0.3) is 0 Å². The number of ether oxygens (including phenoxy) is 1. The first kappa shape index (κ1) is 15.8. The normalized spacial score (nSPS) is 21.9. The SMILES string of the molecule is CC[C@@H](CN1CCCC1)Oc1cnccc1C1CCNCC1. The fourth-order valence-electron chi connectivity index (χ4n) is 3.64. The second-order valence-corrected chi connectivity index (χ2v) is 6.59. The molecular formula is C18H29N3O. The molecule has 0 amide bonds. The van der Waals surface area contributed by atoms with Gasteiger partial charge in [0.15, 0.2) is 0 Å². The monoisotopic (exact) mass is 303 g/mol. The van der Waals surface area contributed by atoms with Gasteiger partial charge in [-0.2, -0.15) is 0 Å². The average Bonchev–Trinajstić information content (AvgIpc) is 3.08. The van der Waals surface area contributed by atoms with E-state index in [1.807, 2.05) is 12.4 Å². The molecule has 0 saturated carbocycles. The molecule has 2 aliphatic rings. The van der Waals surface area contributed by atoms with Gasteiger partial charge in [0.2, 0.25) is 0 Å². The van der Waals surface area contributed by atoms with Crippen molar-refractivity contribution in [3.63, 3.8) is 0 Å². The number of hydrogen-bond acceptors (Lipinski definition) is 4. The molecule has 1 atom stereocenters. The van der Waals surface area contributed by atoms with Crippen molar-refractivity contribution in [3.8, 4) is 5.75 Å². The molecule has 122 valence electrons. The summed E-state index contributed by atoms with van der Waals surface area (Å²) in [5, 5.41) is 3.44. The highest BCUT2D eigenvalue weighted by Crippen LogP contribution is 2.32. The van der Waals surface area contributed by atoms with Gasteiger partial charge in [-0.25, -0.2) is 0 Å². The van der Waals surface area contributed by atoms with E-state index in [4.69, 9.17) is 4.74 Å². The largest absolute Gasteiger partial charge is 0.487 e. The Morgan fingerprint density at radius 1 is 1.32 bits per heavy atom. The molecule has 0 aliphatic carbocycles. The van der Waals surface area contributed by atoms with Crippen LogP contribution in [0.15, 0.2) is 18.5 Å². The quantitative estimate of drug-likeness (QED) is 0.877. The summed E-state index contributed by atoms with van der Waals surface area (Å²) in [5.74, 6) is 1.63. The van der Waals surface area contributed by atoms with Crippen LogP contribution in [0.25, 0.3) is 0 Å². The first-order valence-electron chi connectivity index (χ1n) is 8.90. The minimum absolute atomic E-state index is 0.280. The zero-order valence-corrected chi connectivity index (χ0v) is 13.8. The van der Waals surface area contributed by atoms with Crippen LogP contribution >= 0.6 is 0 Å². The van der Waals surface area contributed by atoms with Crippen molar-refractivity contribution >= 4 is 0 Å². The van der Waals surface area contributed by atoms with Crippen molar-refractivity contribution in [2.75, 3.05) is 32.7 Å². The number of nitrogens with one attached hydrogen (secondary N) is 1. The van der Waals surface area contributed by atoms with E-state index in [1.165, 1.54) is 44.3 Å². The van der Waals surface area contributed by atoms with Crippen LogP contribution in [-0.2, 0) is 0 Å². The second kappa shape index (κ2) is 7.93. The van der Waals surface area contributed by atoms with Crippen molar-refractivity contribution in [2.24, 2.45) is 0 Å². The Morgan fingerprint density at radius 2 is 2.09 bits per heavy atom. The molecule has 0 bridgehead atoms. The van der Waals surface area contributed by atoms with E-state index in [-0.39, 0.29) is 6.10 Å². The van der Waals surface area contributed by atoms with Crippen LogP contribution in [0.2, 0.25) is 0 Å². The summed E-state index contributed by atoms with van der Waals surface area (Å²) in [4.78, 5) is 6.84. The van der Waals surface area contributed by atoms with Crippen LogP contribution in [0, 0.1) is 0 Å². The third-order valence-electron chi connectivity index (χ3n) is 5.00. The molecule has 0 unspecified atom stereocenters. The Hall–Kier alpha value is -1.13. The van der Waals surface area contributed by atoms with Crippen LogP contribution in [0.3, 0.4) is 0 Å². The standard InChI is InChI=1S/C18H29N3O/c1-2-16(14-21-11-3-4-12-21)22-18-13-20-10-7-17(18)15-5-8-19-9-6-15/h7,10,13,15-16,19H,2-6,8-9,11-12,14H2,1H3/t16-/m0/s1. The summed E-state index contributed by atoms with van der Waals surface area (Å²) in [7, 11) is 0. The summed E-state index contributed by atoms with van der Waals surface area (Å²) in [6.07, 6.45) is 10.2. The fourth-order valence-corrected chi connectivity index (χ4v) is 3.64. The first-order valence-corrected chi connectivity index (χ1v) is 8.90. The van der Waals surface area contributed by atoms with Gasteiger partial charge in [-0.05, 0) is 70.3 Å². The lowest BCUT2D eigenvalue weighted by Gasteiger charge is -2.28. The molecule has 0 aromatic carbocycles. The van der Waals surface area contributed by atoms with Crippen LogP contribution < -0.4 is 10.1 Å². The zero-order valence-electron chi connectivity index (χ0n) is 13.8. The summed E-state index contributed by atoms with van der Waals surface area (Å²) < 4.78 is 6.39. The average molecular weight is 303 g/mol. The molecule has 2 aliphatic heterocycles. The molecule has 22 heavy (non-hydrogen) atoms. The predicted octanol–water partition coefficient (Wildman–Crippen LogP) is 2.80. The summed E-state index contributed by atoms with van der Waals surface area (Å²) in [6, 6.07) is 2.16. The van der Waals surface area contributed by atoms with Gasteiger partial charge < -0.3 is 10.1 Å². The Bertz CT molecular complexity index is 453. The maximum absolute atomic E-state index is 6.39. The fraction of sp³-hybridized carbons (Fsp3) is 0.722. The molecule has 0 radical (unpaired) electrons. The molecule has 4 heteroatoms. The summed E-state index contributed by atoms with van der Waals surface area (Å²) >= 11 is 0. The third kappa shape index (κ3) is 3.99. The first-order chi connectivity index (χ1) is 10.9. The summed E-state index contributed by atoms with van der Waals surface area (Å²) in [6.45, 7) is 7.95. The molecule has 1 aromatic rings. The Morgan fingerprint density at radius 3 is 2.82 bits per heavy atom. The van der Waals surface area contributed by atoms with Gasteiger partial charge in [0.05, 0.1) is 6.20 Å². The van der Waals surface area contributed by atoms with Gasteiger partial charge in [0.1, 0.15) is 11.9 Å². The Balaban J connectivity index is 1.67. The van der Waals surface area contributed by atoms with E-state index in [1.54, 1.807) is 0 Å². The van der Waals surface area contributed by atoms with Gasteiger partial charge in [0, 0.05) is 18.3 Å². The number of piperidine rings is 1. The van der Waals surface area contributed by atoms with Gasteiger partial charge in [-0.1, -0.05) is 6.92 Å². The molecule has 1 aromatic heterocycles. The van der Waals surface area contributed by atoms with Crippen molar-refractivity contribution in [1.82, 2.24) is 15.2 Å². The lowest BCUT2D eigenvalue weighted by Crippen LogP contribution is -2.34. The van der Waals surface area contributed by atoms with E-state index in [2.05, 4.69) is 28.2 Å². The lowest BCUT2D eigenvalue weighted by atomic mass is 9.90.